The molecule has 9 heteroatoms. The Morgan fingerprint density at radius 3 is 2.33 bits per heavy atom. The largest absolute Gasteiger partial charge is 0.435 e. The summed E-state index contributed by atoms with van der Waals surface area (Å²) in [6, 6.07) is 7.39. The number of benzene rings is 1. The fraction of sp³-hybridized carbons (Fsp3) is 0.267. The minimum Gasteiger partial charge on any atom is -0.359 e. The summed E-state index contributed by atoms with van der Waals surface area (Å²) >= 11 is 0. The number of aromatic nitrogens is 2. The molecule has 0 unspecified atom stereocenters. The predicted molar refractivity (Wildman–Crippen MR) is 80.1 cm³/mol. The van der Waals surface area contributed by atoms with Crippen molar-refractivity contribution >= 4 is 17.5 Å². The molecular weight excluding hydrogens is 325 g/mol. The van der Waals surface area contributed by atoms with Crippen LogP contribution in [0.5, 0.6) is 0 Å². The molecule has 0 saturated carbocycles. The lowest BCUT2D eigenvalue weighted by Gasteiger charge is -2.07. The van der Waals surface area contributed by atoms with Gasteiger partial charge in [0.1, 0.15) is 6.54 Å². The van der Waals surface area contributed by atoms with Gasteiger partial charge in [-0.1, -0.05) is 12.1 Å². The molecule has 0 radical (unpaired) electrons. The summed E-state index contributed by atoms with van der Waals surface area (Å²) in [5.41, 5.74) is 0.201. The zero-order chi connectivity index (χ0) is 17.7. The predicted octanol–water partition coefficient (Wildman–Crippen LogP) is 1.83. The lowest BCUT2D eigenvalue weighted by Crippen LogP contribution is -2.20. The number of anilines is 1. The highest BCUT2D eigenvalue weighted by Gasteiger charge is 2.33. The number of hydrogen-bond donors (Lipinski definition) is 2. The Bertz CT molecular complexity index is 723. The molecule has 128 valence electrons. The van der Waals surface area contributed by atoms with Gasteiger partial charge in [0.25, 0.3) is 0 Å². The molecule has 0 aliphatic carbocycles. The van der Waals surface area contributed by atoms with Gasteiger partial charge >= 0.3 is 6.18 Å². The molecule has 0 atom stereocenters. The van der Waals surface area contributed by atoms with E-state index in [2.05, 4.69) is 15.7 Å². The maximum Gasteiger partial charge on any atom is 0.435 e. The summed E-state index contributed by atoms with van der Waals surface area (Å²) in [5, 5.41) is 8.36. The monoisotopic (exact) mass is 340 g/mol. The number of hydrogen-bond acceptors (Lipinski definition) is 3. The van der Waals surface area contributed by atoms with Crippen molar-refractivity contribution in [2.45, 2.75) is 19.1 Å². The van der Waals surface area contributed by atoms with Crippen LogP contribution in [0.15, 0.2) is 36.5 Å². The van der Waals surface area contributed by atoms with Gasteiger partial charge in [0.15, 0.2) is 5.69 Å². The zero-order valence-electron chi connectivity index (χ0n) is 12.7. The molecule has 24 heavy (non-hydrogen) atoms. The highest BCUT2D eigenvalue weighted by atomic mass is 19.4. The van der Waals surface area contributed by atoms with E-state index in [0.29, 0.717) is 5.69 Å². The second kappa shape index (κ2) is 7.16. The molecule has 0 saturated heterocycles. The van der Waals surface area contributed by atoms with Crippen LogP contribution in [0, 0.1) is 0 Å². The zero-order valence-corrected chi connectivity index (χ0v) is 12.7. The van der Waals surface area contributed by atoms with Gasteiger partial charge in [0, 0.05) is 18.9 Å². The van der Waals surface area contributed by atoms with E-state index >= 15 is 0 Å². The SMILES string of the molecule is CNC(=O)Cc1ccc(NC(=O)Cn2ccc(C(F)(F)F)n2)cc1. The Hall–Kier alpha value is -2.84. The van der Waals surface area contributed by atoms with Gasteiger partial charge in [-0.2, -0.15) is 18.3 Å². The second-order valence-electron chi connectivity index (χ2n) is 4.99. The average molecular weight is 340 g/mol. The summed E-state index contributed by atoms with van der Waals surface area (Å²) in [4.78, 5) is 23.1. The Kier molecular flexibility index (Phi) is 5.22. The number of carbonyl (C=O) groups is 2. The van der Waals surface area contributed by atoms with E-state index in [1.54, 1.807) is 24.3 Å². The Morgan fingerprint density at radius 1 is 1.12 bits per heavy atom. The normalized spacial score (nSPS) is 11.2. The van der Waals surface area contributed by atoms with Crippen molar-refractivity contribution in [2.24, 2.45) is 0 Å². The first-order chi connectivity index (χ1) is 11.3. The highest BCUT2D eigenvalue weighted by Crippen LogP contribution is 2.27. The van der Waals surface area contributed by atoms with Crippen LogP contribution in [0.4, 0.5) is 18.9 Å². The maximum atomic E-state index is 12.4. The summed E-state index contributed by atoms with van der Waals surface area (Å²) < 4.78 is 38.2. The van der Waals surface area contributed by atoms with Gasteiger partial charge in [-0.3, -0.25) is 14.3 Å². The first-order valence-corrected chi connectivity index (χ1v) is 6.98. The fourth-order valence-corrected chi connectivity index (χ4v) is 1.93. The van der Waals surface area contributed by atoms with Crippen LogP contribution in [0.2, 0.25) is 0 Å². The summed E-state index contributed by atoms with van der Waals surface area (Å²) in [6.45, 7) is -0.337. The van der Waals surface area contributed by atoms with Gasteiger partial charge in [0.05, 0.1) is 6.42 Å². The Labute approximate surface area is 135 Å². The molecule has 0 spiro atoms. The molecule has 6 nitrogen and oxygen atoms in total. The molecule has 0 aliphatic rings. The third kappa shape index (κ3) is 4.83. The lowest BCUT2D eigenvalue weighted by molar-refractivity contribution is -0.141. The minimum absolute atomic E-state index is 0.133. The van der Waals surface area contributed by atoms with Crippen molar-refractivity contribution in [3.05, 3.63) is 47.8 Å². The number of likely N-dealkylation sites (N-methyl/N-ethyl adjacent to an activating group) is 1. The van der Waals surface area contributed by atoms with Crippen LogP contribution in [0.1, 0.15) is 11.3 Å². The first-order valence-electron chi connectivity index (χ1n) is 6.98. The number of amides is 2. The van der Waals surface area contributed by atoms with Crippen LogP contribution in [-0.4, -0.2) is 28.6 Å². The summed E-state index contributed by atoms with van der Waals surface area (Å²) in [7, 11) is 1.54. The number of carbonyl (C=O) groups excluding carboxylic acids is 2. The topological polar surface area (TPSA) is 76.0 Å². The quantitative estimate of drug-likeness (QED) is 0.872. The highest BCUT2D eigenvalue weighted by molar-refractivity contribution is 5.90. The molecule has 2 amide bonds. The number of halogens is 3. The van der Waals surface area contributed by atoms with E-state index < -0.39 is 17.8 Å². The third-order valence-electron chi connectivity index (χ3n) is 3.12. The number of rotatable bonds is 5. The van der Waals surface area contributed by atoms with E-state index in [4.69, 9.17) is 0 Å². The molecular formula is C15H15F3N4O2. The number of nitrogens with one attached hydrogen (secondary N) is 2. The molecule has 1 aromatic carbocycles. The van der Waals surface area contributed by atoms with E-state index in [1.165, 1.54) is 7.05 Å². The Balaban J connectivity index is 1.92. The van der Waals surface area contributed by atoms with Gasteiger partial charge in [-0.05, 0) is 23.8 Å². The number of nitrogens with zero attached hydrogens (tertiary/aromatic N) is 2. The van der Waals surface area contributed by atoms with Gasteiger partial charge in [0.2, 0.25) is 11.8 Å². The Morgan fingerprint density at radius 2 is 1.79 bits per heavy atom. The van der Waals surface area contributed by atoms with E-state index in [0.717, 1.165) is 22.5 Å². The maximum absolute atomic E-state index is 12.4. The standard InChI is InChI=1S/C15H15F3N4O2/c1-19-13(23)8-10-2-4-11(5-3-10)20-14(24)9-22-7-6-12(21-22)15(16,17)18/h2-7H,8-9H2,1H3,(H,19,23)(H,20,24). The van der Waals surface area contributed by atoms with Crippen LogP contribution < -0.4 is 10.6 Å². The first kappa shape index (κ1) is 17.5. The van der Waals surface area contributed by atoms with Crippen molar-refractivity contribution in [1.82, 2.24) is 15.1 Å². The molecule has 0 aliphatic heterocycles. The third-order valence-corrected chi connectivity index (χ3v) is 3.12. The average Bonchev–Trinajstić information content (AvgIpc) is 2.97. The van der Waals surface area contributed by atoms with E-state index in [9.17, 15) is 22.8 Å². The molecule has 0 bridgehead atoms. The van der Waals surface area contributed by atoms with Gasteiger partial charge < -0.3 is 10.6 Å². The smallest absolute Gasteiger partial charge is 0.359 e. The minimum atomic E-state index is -4.54. The van der Waals surface area contributed by atoms with E-state index in [1.807, 2.05) is 0 Å². The van der Waals surface area contributed by atoms with Crippen molar-refractivity contribution in [3.63, 3.8) is 0 Å². The molecule has 2 rings (SSSR count). The number of alkyl halides is 3. The van der Waals surface area contributed by atoms with Crippen LogP contribution >= 0.6 is 0 Å². The van der Waals surface area contributed by atoms with E-state index in [-0.39, 0.29) is 18.9 Å². The molecule has 1 heterocycles. The molecule has 1 aromatic heterocycles. The summed E-state index contributed by atoms with van der Waals surface area (Å²) in [6.07, 6.45) is -3.23. The van der Waals surface area contributed by atoms with Crippen molar-refractivity contribution in [1.29, 1.82) is 0 Å². The summed E-state index contributed by atoms with van der Waals surface area (Å²) in [5.74, 6) is -0.642. The van der Waals surface area contributed by atoms with Crippen molar-refractivity contribution in [2.75, 3.05) is 12.4 Å². The van der Waals surface area contributed by atoms with Crippen LogP contribution in [0.3, 0.4) is 0 Å². The van der Waals surface area contributed by atoms with Crippen LogP contribution in [0.25, 0.3) is 0 Å². The van der Waals surface area contributed by atoms with Crippen LogP contribution in [-0.2, 0) is 28.7 Å². The van der Waals surface area contributed by atoms with Crippen molar-refractivity contribution < 1.29 is 22.8 Å². The van der Waals surface area contributed by atoms with Gasteiger partial charge in [-0.15, -0.1) is 0 Å². The molecule has 2 aromatic rings. The fourth-order valence-electron chi connectivity index (χ4n) is 1.93. The molecule has 2 N–H and O–H groups in total. The second-order valence-corrected chi connectivity index (χ2v) is 4.99. The van der Waals surface area contributed by atoms with Crippen molar-refractivity contribution in [3.8, 4) is 0 Å². The lowest BCUT2D eigenvalue weighted by atomic mass is 10.1. The molecule has 0 fully saturated rings. The van der Waals surface area contributed by atoms with Gasteiger partial charge in [-0.25, -0.2) is 0 Å².